The molecule has 7 nitrogen and oxygen atoms in total. The zero-order valence-electron chi connectivity index (χ0n) is 18.6. The van der Waals surface area contributed by atoms with Gasteiger partial charge in [0.05, 0.1) is 32.7 Å². The number of carbonyl (C=O) groups excluding carboxylic acids is 1. The van der Waals surface area contributed by atoms with E-state index in [4.69, 9.17) is 14.2 Å². The second-order valence-corrected chi connectivity index (χ2v) is 7.92. The molecule has 1 N–H and O–H groups in total. The van der Waals surface area contributed by atoms with E-state index in [1.807, 2.05) is 0 Å². The number of halogens is 3. The SMILES string of the molecule is COc1ccc(-c2cc(C(F)(F)F)nc(SCCC(=O)Nc3ccc(OC)cc3OC)n2)cc1. The number of methoxy groups -OCH3 is 3. The summed E-state index contributed by atoms with van der Waals surface area (Å²) in [5.74, 6) is 1.40. The zero-order valence-corrected chi connectivity index (χ0v) is 19.4. The molecule has 3 rings (SSSR count). The van der Waals surface area contributed by atoms with Crippen LogP contribution >= 0.6 is 11.8 Å². The number of alkyl halides is 3. The summed E-state index contributed by atoms with van der Waals surface area (Å²) in [6.07, 6.45) is -4.61. The van der Waals surface area contributed by atoms with Crippen molar-refractivity contribution in [2.24, 2.45) is 0 Å². The van der Waals surface area contributed by atoms with Crippen molar-refractivity contribution in [2.75, 3.05) is 32.4 Å². The first-order valence-electron chi connectivity index (χ1n) is 9.99. The molecule has 11 heteroatoms. The molecule has 180 valence electrons. The molecule has 0 atom stereocenters. The number of rotatable bonds is 9. The fourth-order valence-electron chi connectivity index (χ4n) is 2.89. The van der Waals surface area contributed by atoms with Crippen LogP contribution < -0.4 is 19.5 Å². The maximum atomic E-state index is 13.4. The van der Waals surface area contributed by atoms with Crippen LogP contribution in [0.1, 0.15) is 12.1 Å². The highest BCUT2D eigenvalue weighted by atomic mass is 32.2. The highest BCUT2D eigenvalue weighted by Crippen LogP contribution is 2.33. The van der Waals surface area contributed by atoms with Gasteiger partial charge in [0, 0.05) is 23.8 Å². The minimum atomic E-state index is -4.64. The van der Waals surface area contributed by atoms with E-state index in [0.29, 0.717) is 28.5 Å². The smallest absolute Gasteiger partial charge is 0.433 e. The zero-order chi connectivity index (χ0) is 24.7. The molecule has 0 radical (unpaired) electrons. The largest absolute Gasteiger partial charge is 0.497 e. The van der Waals surface area contributed by atoms with Gasteiger partial charge < -0.3 is 19.5 Å². The van der Waals surface area contributed by atoms with Gasteiger partial charge in [0.15, 0.2) is 5.16 Å². The molecule has 0 saturated heterocycles. The van der Waals surface area contributed by atoms with Crippen LogP contribution in [0.5, 0.6) is 17.2 Å². The van der Waals surface area contributed by atoms with Crippen molar-refractivity contribution in [2.45, 2.75) is 17.8 Å². The van der Waals surface area contributed by atoms with E-state index in [2.05, 4.69) is 15.3 Å². The summed E-state index contributed by atoms with van der Waals surface area (Å²) in [5, 5.41) is 2.64. The number of nitrogens with one attached hydrogen (secondary N) is 1. The van der Waals surface area contributed by atoms with Crippen molar-refractivity contribution in [3.05, 3.63) is 54.2 Å². The summed E-state index contributed by atoms with van der Waals surface area (Å²) < 4.78 is 55.6. The van der Waals surface area contributed by atoms with Gasteiger partial charge >= 0.3 is 6.18 Å². The lowest BCUT2D eigenvalue weighted by Crippen LogP contribution is -2.13. The van der Waals surface area contributed by atoms with Crippen LogP contribution in [0.15, 0.2) is 53.7 Å². The molecule has 34 heavy (non-hydrogen) atoms. The molecule has 3 aromatic rings. The van der Waals surface area contributed by atoms with Crippen LogP contribution in [0.25, 0.3) is 11.3 Å². The lowest BCUT2D eigenvalue weighted by Gasteiger charge is -2.12. The summed E-state index contributed by atoms with van der Waals surface area (Å²) in [6, 6.07) is 12.3. The summed E-state index contributed by atoms with van der Waals surface area (Å²) >= 11 is 0.963. The molecule has 2 aromatic carbocycles. The average molecular weight is 494 g/mol. The van der Waals surface area contributed by atoms with Crippen molar-refractivity contribution in [1.82, 2.24) is 9.97 Å². The van der Waals surface area contributed by atoms with Crippen molar-refractivity contribution in [3.63, 3.8) is 0 Å². The number of amides is 1. The van der Waals surface area contributed by atoms with Gasteiger partial charge in [0.2, 0.25) is 5.91 Å². The van der Waals surface area contributed by atoms with E-state index < -0.39 is 11.9 Å². The first kappa shape index (κ1) is 25.2. The Balaban J connectivity index is 1.70. The number of aromatic nitrogens is 2. The number of hydrogen-bond acceptors (Lipinski definition) is 7. The van der Waals surface area contributed by atoms with Crippen LogP contribution in [0.3, 0.4) is 0 Å². The summed E-state index contributed by atoms with van der Waals surface area (Å²) in [5.41, 5.74) is 0.0124. The molecule has 0 aliphatic rings. The van der Waals surface area contributed by atoms with Crippen molar-refractivity contribution in [3.8, 4) is 28.5 Å². The van der Waals surface area contributed by atoms with Gasteiger partial charge in [-0.1, -0.05) is 11.8 Å². The summed E-state index contributed by atoms with van der Waals surface area (Å²) in [7, 11) is 4.48. The number of anilines is 1. The van der Waals surface area contributed by atoms with Gasteiger partial charge in [-0.05, 0) is 42.5 Å². The minimum absolute atomic E-state index is 0.0251. The van der Waals surface area contributed by atoms with E-state index in [0.717, 1.165) is 17.8 Å². The first-order chi connectivity index (χ1) is 16.2. The molecule has 0 bridgehead atoms. The molecular weight excluding hydrogens is 471 g/mol. The van der Waals surface area contributed by atoms with Crippen molar-refractivity contribution in [1.29, 1.82) is 0 Å². The van der Waals surface area contributed by atoms with E-state index in [1.165, 1.54) is 21.3 Å². The highest BCUT2D eigenvalue weighted by Gasteiger charge is 2.34. The maximum absolute atomic E-state index is 13.4. The third-order valence-electron chi connectivity index (χ3n) is 4.62. The minimum Gasteiger partial charge on any atom is -0.497 e. The van der Waals surface area contributed by atoms with E-state index in [9.17, 15) is 18.0 Å². The molecule has 0 saturated carbocycles. The molecule has 1 amide bonds. The Bertz CT molecular complexity index is 1140. The van der Waals surface area contributed by atoms with Crippen molar-refractivity contribution < 1.29 is 32.2 Å². The summed E-state index contributed by atoms with van der Waals surface area (Å²) in [4.78, 5) is 20.2. The topological polar surface area (TPSA) is 82.6 Å². The Morgan fingerprint density at radius 2 is 1.62 bits per heavy atom. The number of thioether (sulfide) groups is 1. The Kier molecular flexibility index (Phi) is 8.21. The van der Waals surface area contributed by atoms with Gasteiger partial charge in [-0.15, -0.1) is 0 Å². The normalized spacial score (nSPS) is 11.1. The van der Waals surface area contributed by atoms with E-state index >= 15 is 0 Å². The van der Waals surface area contributed by atoms with Crippen LogP contribution in [-0.4, -0.2) is 43.0 Å². The highest BCUT2D eigenvalue weighted by molar-refractivity contribution is 7.99. The number of nitrogens with zero attached hydrogens (tertiary/aromatic N) is 2. The Morgan fingerprint density at radius 3 is 2.24 bits per heavy atom. The maximum Gasteiger partial charge on any atom is 0.433 e. The van der Waals surface area contributed by atoms with Gasteiger partial charge in [-0.3, -0.25) is 4.79 Å². The van der Waals surface area contributed by atoms with Gasteiger partial charge in [0.25, 0.3) is 0 Å². The van der Waals surface area contributed by atoms with E-state index in [-0.39, 0.29) is 28.9 Å². The predicted octanol–water partition coefficient (Wildman–Crippen LogP) is 5.31. The van der Waals surface area contributed by atoms with Gasteiger partial charge in [-0.2, -0.15) is 13.2 Å². The quantitative estimate of drug-likeness (QED) is 0.320. The fourth-order valence-corrected chi connectivity index (χ4v) is 3.69. The van der Waals surface area contributed by atoms with Crippen LogP contribution in [0, 0.1) is 0 Å². The Morgan fingerprint density at radius 1 is 0.941 bits per heavy atom. The fraction of sp³-hybridized carbons (Fsp3) is 0.261. The van der Waals surface area contributed by atoms with Gasteiger partial charge in [-0.25, -0.2) is 9.97 Å². The second kappa shape index (κ2) is 11.1. The first-order valence-corrected chi connectivity index (χ1v) is 11.0. The second-order valence-electron chi connectivity index (χ2n) is 6.86. The standard InChI is InChI=1S/C23H22F3N3O4S/c1-31-15-6-4-14(5-7-15)18-13-20(23(24,25)26)29-22(28-18)34-11-10-21(30)27-17-9-8-16(32-2)12-19(17)33-3/h4-9,12-13H,10-11H2,1-3H3,(H,27,30). The molecule has 1 heterocycles. The average Bonchev–Trinajstić information content (AvgIpc) is 2.83. The molecule has 0 aliphatic heterocycles. The Labute approximate surface area is 198 Å². The molecule has 0 spiro atoms. The van der Waals surface area contributed by atoms with Crippen LogP contribution in [0.2, 0.25) is 0 Å². The number of hydrogen-bond donors (Lipinski definition) is 1. The lowest BCUT2D eigenvalue weighted by molar-refractivity contribution is -0.141. The van der Waals surface area contributed by atoms with Crippen molar-refractivity contribution >= 4 is 23.4 Å². The molecular formula is C23H22F3N3O4S. The lowest BCUT2D eigenvalue weighted by atomic mass is 10.1. The third-order valence-corrected chi connectivity index (χ3v) is 5.47. The molecule has 1 aromatic heterocycles. The molecule has 0 fully saturated rings. The summed E-state index contributed by atoms with van der Waals surface area (Å²) in [6.45, 7) is 0. The third kappa shape index (κ3) is 6.53. The Hall–Kier alpha value is -3.47. The monoisotopic (exact) mass is 493 g/mol. The van der Waals surface area contributed by atoms with Crippen LogP contribution in [-0.2, 0) is 11.0 Å². The number of carbonyl (C=O) groups is 1. The molecule has 0 unspecified atom stereocenters. The van der Waals surface area contributed by atoms with Gasteiger partial charge in [0.1, 0.15) is 22.9 Å². The van der Waals surface area contributed by atoms with Crippen LogP contribution in [0.4, 0.5) is 18.9 Å². The molecule has 0 aliphatic carbocycles. The predicted molar refractivity (Wildman–Crippen MR) is 123 cm³/mol. The number of ether oxygens (including phenoxy) is 3. The van der Waals surface area contributed by atoms with E-state index in [1.54, 1.807) is 42.5 Å². The number of benzene rings is 2.